The average molecular weight is 486 g/mol. The minimum absolute atomic E-state index is 0.0165. The lowest BCUT2D eigenvalue weighted by atomic mass is 9.88. The van der Waals surface area contributed by atoms with Gasteiger partial charge < -0.3 is 5.73 Å². The molecule has 34 heavy (non-hydrogen) atoms. The molecule has 3 N–H and O–H groups in total. The van der Waals surface area contributed by atoms with Crippen LogP contribution in [0.2, 0.25) is 0 Å². The van der Waals surface area contributed by atoms with Crippen LogP contribution in [0.4, 0.5) is 14.5 Å². The molecule has 3 aromatic carbocycles. The Balaban J connectivity index is 1.61. The molecule has 1 aliphatic heterocycles. The van der Waals surface area contributed by atoms with Gasteiger partial charge in [0, 0.05) is 30.9 Å². The second kappa shape index (κ2) is 10.2. The number of hydrogen-bond donors (Lipinski definition) is 2. The number of hydrogen-bond acceptors (Lipinski definition) is 4. The van der Waals surface area contributed by atoms with E-state index >= 15 is 0 Å². The van der Waals surface area contributed by atoms with Crippen LogP contribution in [0.25, 0.3) is 0 Å². The molecule has 2 atom stereocenters. The summed E-state index contributed by atoms with van der Waals surface area (Å²) in [6.07, 6.45) is 3.10. The number of halogens is 2. The van der Waals surface area contributed by atoms with Crippen LogP contribution in [0.1, 0.15) is 22.3 Å². The Morgan fingerprint density at radius 2 is 1.74 bits per heavy atom. The molecular weight excluding hydrogens is 456 g/mol. The molecule has 0 bridgehead atoms. The molecule has 0 radical (unpaired) electrons. The zero-order chi connectivity index (χ0) is 24.3. The van der Waals surface area contributed by atoms with Crippen LogP contribution in [0, 0.1) is 11.6 Å². The third-order valence-electron chi connectivity index (χ3n) is 6.27. The predicted molar refractivity (Wildman–Crippen MR) is 131 cm³/mol. The molecule has 4 rings (SSSR count). The highest BCUT2D eigenvalue weighted by molar-refractivity contribution is 7.92. The van der Waals surface area contributed by atoms with Crippen molar-refractivity contribution in [3.63, 3.8) is 0 Å². The Kier molecular flexibility index (Phi) is 7.30. The number of fused-ring (bicyclic) bond motifs is 1. The van der Waals surface area contributed by atoms with Crippen molar-refractivity contribution in [1.29, 1.82) is 0 Å². The lowest BCUT2D eigenvalue weighted by molar-refractivity contribution is 0.113. The molecule has 0 spiro atoms. The topological polar surface area (TPSA) is 75.4 Å². The summed E-state index contributed by atoms with van der Waals surface area (Å²) in [6.45, 7) is 1.03. The monoisotopic (exact) mass is 485 g/mol. The number of sulfonamides is 1. The minimum atomic E-state index is -3.37. The van der Waals surface area contributed by atoms with Gasteiger partial charge in [0.05, 0.1) is 6.26 Å². The normalized spacial score (nSPS) is 17.2. The molecule has 1 heterocycles. The fourth-order valence-corrected chi connectivity index (χ4v) is 5.28. The summed E-state index contributed by atoms with van der Waals surface area (Å²) in [6, 6.07) is 18.7. The standard InChI is InChI=1S/C26H29F2N3O2S/c1-34(32,33)30-24-4-2-3-19(11-24)13-26(16-29)31-17-20-7-10-23(28)14-21(20)15-25(31)12-18-5-8-22(27)9-6-18/h2-11,14,25-26,30H,12-13,15-17,29H2,1H3. The number of anilines is 1. The second-order valence-corrected chi connectivity index (χ2v) is 10.7. The van der Waals surface area contributed by atoms with Gasteiger partial charge in [-0.3, -0.25) is 9.62 Å². The van der Waals surface area contributed by atoms with Gasteiger partial charge in [-0.1, -0.05) is 30.3 Å². The van der Waals surface area contributed by atoms with E-state index in [2.05, 4.69) is 9.62 Å². The first kappa shape index (κ1) is 24.3. The van der Waals surface area contributed by atoms with Gasteiger partial charge in [-0.25, -0.2) is 17.2 Å². The third-order valence-corrected chi connectivity index (χ3v) is 6.88. The van der Waals surface area contributed by atoms with E-state index in [1.165, 1.54) is 18.2 Å². The Hall–Kier alpha value is -2.81. The van der Waals surface area contributed by atoms with E-state index in [1.807, 2.05) is 24.3 Å². The summed E-state index contributed by atoms with van der Waals surface area (Å²) >= 11 is 0. The maximum Gasteiger partial charge on any atom is 0.229 e. The van der Waals surface area contributed by atoms with Crippen LogP contribution in [0.3, 0.4) is 0 Å². The number of nitrogens with zero attached hydrogens (tertiary/aromatic N) is 1. The van der Waals surface area contributed by atoms with Crippen molar-refractivity contribution in [3.05, 3.63) is 101 Å². The van der Waals surface area contributed by atoms with Gasteiger partial charge in [0.15, 0.2) is 0 Å². The molecule has 5 nitrogen and oxygen atoms in total. The van der Waals surface area contributed by atoms with Crippen LogP contribution < -0.4 is 10.5 Å². The summed E-state index contributed by atoms with van der Waals surface area (Å²) in [5.74, 6) is -0.530. The molecule has 0 saturated heterocycles. The van der Waals surface area contributed by atoms with E-state index < -0.39 is 10.0 Å². The molecule has 180 valence electrons. The first-order valence-corrected chi connectivity index (χ1v) is 13.1. The van der Waals surface area contributed by atoms with Crippen LogP contribution in [0.15, 0.2) is 66.7 Å². The van der Waals surface area contributed by atoms with Crippen molar-refractivity contribution in [3.8, 4) is 0 Å². The highest BCUT2D eigenvalue weighted by atomic mass is 32.2. The van der Waals surface area contributed by atoms with Crippen molar-refractivity contribution in [1.82, 2.24) is 4.90 Å². The third kappa shape index (κ3) is 6.20. The van der Waals surface area contributed by atoms with E-state index in [-0.39, 0.29) is 23.7 Å². The molecule has 0 aliphatic carbocycles. The van der Waals surface area contributed by atoms with Gasteiger partial charge in [-0.05, 0) is 77.9 Å². The van der Waals surface area contributed by atoms with Crippen molar-refractivity contribution in [2.75, 3.05) is 17.5 Å². The molecule has 0 fully saturated rings. The molecule has 0 saturated carbocycles. The summed E-state index contributed by atoms with van der Waals surface area (Å²) in [5, 5.41) is 0. The minimum Gasteiger partial charge on any atom is -0.329 e. The predicted octanol–water partition coefficient (Wildman–Crippen LogP) is 3.88. The van der Waals surface area contributed by atoms with Gasteiger partial charge in [-0.2, -0.15) is 0 Å². The van der Waals surface area contributed by atoms with Crippen molar-refractivity contribution in [2.24, 2.45) is 5.73 Å². The average Bonchev–Trinajstić information content (AvgIpc) is 2.78. The zero-order valence-electron chi connectivity index (χ0n) is 19.0. The van der Waals surface area contributed by atoms with Crippen molar-refractivity contribution < 1.29 is 17.2 Å². The fourth-order valence-electron chi connectivity index (χ4n) is 4.73. The quantitative estimate of drug-likeness (QED) is 0.508. The lowest BCUT2D eigenvalue weighted by Gasteiger charge is -2.42. The zero-order valence-corrected chi connectivity index (χ0v) is 19.9. The first-order valence-electron chi connectivity index (χ1n) is 11.2. The second-order valence-electron chi connectivity index (χ2n) is 8.94. The van der Waals surface area contributed by atoms with Crippen LogP contribution in [-0.4, -0.2) is 38.2 Å². The molecule has 8 heteroatoms. The van der Waals surface area contributed by atoms with Gasteiger partial charge in [-0.15, -0.1) is 0 Å². The van der Waals surface area contributed by atoms with Crippen LogP contribution in [-0.2, 0) is 35.8 Å². The largest absolute Gasteiger partial charge is 0.329 e. The summed E-state index contributed by atoms with van der Waals surface area (Å²) in [4.78, 5) is 2.35. The smallest absolute Gasteiger partial charge is 0.229 e. The van der Waals surface area contributed by atoms with Gasteiger partial charge in [0.25, 0.3) is 0 Å². The maximum absolute atomic E-state index is 13.9. The molecule has 0 amide bonds. The lowest BCUT2D eigenvalue weighted by Crippen LogP contribution is -2.51. The first-order chi connectivity index (χ1) is 16.2. The number of nitrogens with two attached hydrogens (primary N) is 1. The number of nitrogens with one attached hydrogen (secondary N) is 1. The van der Waals surface area contributed by atoms with Crippen LogP contribution in [0.5, 0.6) is 0 Å². The molecule has 0 aromatic heterocycles. The van der Waals surface area contributed by atoms with Gasteiger partial charge in [0.2, 0.25) is 10.0 Å². The Morgan fingerprint density at radius 3 is 2.44 bits per heavy atom. The summed E-state index contributed by atoms with van der Waals surface area (Å²) in [7, 11) is -3.37. The van der Waals surface area contributed by atoms with E-state index in [1.54, 1.807) is 24.3 Å². The highest BCUT2D eigenvalue weighted by Crippen LogP contribution is 2.29. The summed E-state index contributed by atoms with van der Waals surface area (Å²) in [5.41, 5.74) is 10.8. The summed E-state index contributed by atoms with van der Waals surface area (Å²) < 4.78 is 53.1. The SMILES string of the molecule is CS(=O)(=O)Nc1cccc(CC(CN)N2Cc3ccc(F)cc3CC2Cc2ccc(F)cc2)c1. The molecular formula is C26H29F2N3O2S. The maximum atomic E-state index is 13.9. The highest BCUT2D eigenvalue weighted by Gasteiger charge is 2.31. The molecule has 1 aliphatic rings. The van der Waals surface area contributed by atoms with E-state index in [0.29, 0.717) is 38.0 Å². The molecule has 2 unspecified atom stereocenters. The van der Waals surface area contributed by atoms with Crippen molar-refractivity contribution in [2.45, 2.75) is 37.9 Å². The number of rotatable bonds is 8. The fraction of sp³-hybridized carbons (Fsp3) is 0.308. The van der Waals surface area contributed by atoms with Gasteiger partial charge in [0.1, 0.15) is 11.6 Å². The van der Waals surface area contributed by atoms with E-state index in [4.69, 9.17) is 5.73 Å². The van der Waals surface area contributed by atoms with Crippen LogP contribution >= 0.6 is 0 Å². The molecule has 3 aromatic rings. The number of benzene rings is 3. The Bertz CT molecular complexity index is 1250. The Labute approximate surface area is 199 Å². The van der Waals surface area contributed by atoms with Gasteiger partial charge >= 0.3 is 0 Å². The van der Waals surface area contributed by atoms with Crippen molar-refractivity contribution >= 4 is 15.7 Å². The van der Waals surface area contributed by atoms with E-state index in [0.717, 1.165) is 28.5 Å². The Morgan fingerprint density at radius 1 is 1.00 bits per heavy atom. The van der Waals surface area contributed by atoms with E-state index in [9.17, 15) is 17.2 Å².